The van der Waals surface area contributed by atoms with Crippen molar-refractivity contribution in [3.63, 3.8) is 0 Å². The molecule has 170 valence electrons. The lowest BCUT2D eigenvalue weighted by atomic mass is 10.1. The first kappa shape index (κ1) is 22.1. The Morgan fingerprint density at radius 3 is 2.55 bits per heavy atom. The quantitative estimate of drug-likeness (QED) is 0.487. The lowest BCUT2D eigenvalue weighted by Gasteiger charge is -2.13. The molecule has 0 bridgehead atoms. The van der Waals surface area contributed by atoms with Crippen molar-refractivity contribution in [2.24, 2.45) is 0 Å². The van der Waals surface area contributed by atoms with Gasteiger partial charge in [0.2, 0.25) is 5.91 Å². The van der Waals surface area contributed by atoms with E-state index in [-0.39, 0.29) is 6.54 Å². The van der Waals surface area contributed by atoms with Gasteiger partial charge in [-0.25, -0.2) is 9.36 Å². The Hall–Kier alpha value is -4.14. The number of anilines is 1. The van der Waals surface area contributed by atoms with Gasteiger partial charge >= 0.3 is 0 Å². The van der Waals surface area contributed by atoms with Crippen LogP contribution in [0.2, 0.25) is 0 Å². The largest absolute Gasteiger partial charge is 0.497 e. The number of aryl methyl sites for hydroxylation is 3. The van der Waals surface area contributed by atoms with Gasteiger partial charge < -0.3 is 14.8 Å². The maximum Gasteiger partial charge on any atom is 0.293 e. The van der Waals surface area contributed by atoms with Crippen LogP contribution in [0.5, 0.6) is 11.5 Å². The molecule has 0 atom stereocenters. The van der Waals surface area contributed by atoms with Crippen molar-refractivity contribution < 1.29 is 14.3 Å². The van der Waals surface area contributed by atoms with Crippen LogP contribution in [0.3, 0.4) is 0 Å². The molecule has 0 aliphatic heterocycles. The molecule has 2 heterocycles. The van der Waals surface area contributed by atoms with Crippen LogP contribution in [0.25, 0.3) is 16.6 Å². The van der Waals surface area contributed by atoms with Crippen LogP contribution in [0.15, 0.2) is 47.4 Å². The topological polar surface area (TPSA) is 100 Å². The zero-order chi connectivity index (χ0) is 23.7. The van der Waals surface area contributed by atoms with E-state index < -0.39 is 11.5 Å². The summed E-state index contributed by atoms with van der Waals surface area (Å²) in [6, 6.07) is 11.0. The first-order valence-corrected chi connectivity index (χ1v) is 10.4. The Labute approximate surface area is 190 Å². The van der Waals surface area contributed by atoms with Crippen molar-refractivity contribution in [3.8, 4) is 17.2 Å². The maximum atomic E-state index is 13.3. The second kappa shape index (κ2) is 8.78. The molecule has 0 aliphatic carbocycles. The van der Waals surface area contributed by atoms with Crippen LogP contribution < -0.4 is 20.3 Å². The Balaban J connectivity index is 1.71. The van der Waals surface area contributed by atoms with Gasteiger partial charge in [-0.3, -0.25) is 9.59 Å². The third kappa shape index (κ3) is 4.17. The highest BCUT2D eigenvalue weighted by molar-refractivity contribution is 5.92. The van der Waals surface area contributed by atoms with Crippen molar-refractivity contribution in [2.75, 3.05) is 19.5 Å². The van der Waals surface area contributed by atoms with E-state index in [9.17, 15) is 9.59 Å². The van der Waals surface area contributed by atoms with Gasteiger partial charge in [-0.05, 0) is 44.5 Å². The second-order valence-electron chi connectivity index (χ2n) is 7.77. The molecule has 1 N–H and O–H groups in total. The van der Waals surface area contributed by atoms with Crippen molar-refractivity contribution in [2.45, 2.75) is 27.3 Å². The molecule has 0 radical (unpaired) electrons. The summed E-state index contributed by atoms with van der Waals surface area (Å²) in [6.45, 7) is 5.50. The Bertz CT molecular complexity index is 1420. The van der Waals surface area contributed by atoms with Crippen molar-refractivity contribution >= 4 is 22.5 Å². The molecule has 0 spiro atoms. The minimum Gasteiger partial charge on any atom is -0.497 e. The van der Waals surface area contributed by atoms with Gasteiger partial charge in [-0.1, -0.05) is 17.7 Å². The monoisotopic (exact) mass is 447 g/mol. The van der Waals surface area contributed by atoms with Crippen LogP contribution in [0.1, 0.15) is 16.8 Å². The minimum absolute atomic E-state index is 0.270. The fourth-order valence-corrected chi connectivity index (χ4v) is 3.79. The summed E-state index contributed by atoms with van der Waals surface area (Å²) in [5.74, 6) is 0.618. The molecule has 9 nitrogen and oxygen atoms in total. The highest BCUT2D eigenvalue weighted by atomic mass is 16.5. The lowest BCUT2D eigenvalue weighted by molar-refractivity contribution is -0.117. The normalized spacial score (nSPS) is 10.9. The fourth-order valence-electron chi connectivity index (χ4n) is 3.79. The van der Waals surface area contributed by atoms with Crippen molar-refractivity contribution in [1.82, 2.24) is 19.6 Å². The Morgan fingerprint density at radius 2 is 1.85 bits per heavy atom. The Morgan fingerprint density at radius 1 is 1.06 bits per heavy atom. The number of hydrogen-bond donors (Lipinski definition) is 1. The molecule has 2 aromatic carbocycles. The van der Waals surface area contributed by atoms with Gasteiger partial charge in [0.15, 0.2) is 0 Å². The number of amides is 1. The maximum absolute atomic E-state index is 13.3. The molecule has 33 heavy (non-hydrogen) atoms. The molecule has 9 heteroatoms. The minimum atomic E-state index is -0.424. The fraction of sp³-hybridized carbons (Fsp3) is 0.250. The molecular formula is C24H25N5O4. The summed E-state index contributed by atoms with van der Waals surface area (Å²) in [6.07, 6.45) is 1.63. The second-order valence-corrected chi connectivity index (χ2v) is 7.77. The number of nitrogens with one attached hydrogen (secondary N) is 1. The molecule has 0 aliphatic rings. The van der Waals surface area contributed by atoms with E-state index in [1.807, 2.05) is 32.0 Å². The van der Waals surface area contributed by atoms with E-state index in [0.717, 1.165) is 21.5 Å². The highest BCUT2D eigenvalue weighted by Gasteiger charge is 2.18. The van der Waals surface area contributed by atoms with Crippen molar-refractivity contribution in [1.29, 1.82) is 0 Å². The van der Waals surface area contributed by atoms with E-state index in [4.69, 9.17) is 9.47 Å². The first-order chi connectivity index (χ1) is 15.8. The molecule has 1 amide bonds. The van der Waals surface area contributed by atoms with Crippen LogP contribution in [-0.2, 0) is 11.3 Å². The van der Waals surface area contributed by atoms with Crippen LogP contribution in [-0.4, -0.2) is 39.7 Å². The van der Waals surface area contributed by atoms with Gasteiger partial charge in [-0.2, -0.15) is 10.2 Å². The van der Waals surface area contributed by atoms with Gasteiger partial charge in [0.25, 0.3) is 5.56 Å². The highest BCUT2D eigenvalue weighted by Crippen LogP contribution is 2.29. The van der Waals surface area contributed by atoms with Crippen LogP contribution in [0.4, 0.5) is 5.69 Å². The zero-order valence-corrected chi connectivity index (χ0v) is 19.2. The molecule has 0 unspecified atom stereocenters. The van der Waals surface area contributed by atoms with E-state index >= 15 is 0 Å². The average molecular weight is 447 g/mol. The van der Waals surface area contributed by atoms with Crippen LogP contribution in [0, 0.1) is 20.8 Å². The predicted molar refractivity (Wildman–Crippen MR) is 126 cm³/mol. The third-order valence-corrected chi connectivity index (χ3v) is 5.42. The first-order valence-electron chi connectivity index (χ1n) is 10.4. The number of ether oxygens (including phenoxy) is 2. The van der Waals surface area contributed by atoms with Gasteiger partial charge in [-0.15, -0.1) is 0 Å². The van der Waals surface area contributed by atoms with Gasteiger partial charge in [0.1, 0.15) is 23.6 Å². The molecule has 0 fully saturated rings. The number of carbonyl (C=O) groups excluding carboxylic acids is 1. The third-order valence-electron chi connectivity index (χ3n) is 5.42. The smallest absolute Gasteiger partial charge is 0.293 e. The standard InChI is InChI=1S/C24H25N5O4/c1-14-6-8-20(15(2)10-14)29-23-18(12-25-29)16(3)27-28(24(23)31)13-22(30)26-19-11-17(32-4)7-9-21(19)33-5/h6-12H,13H2,1-5H3,(H,26,30). The Kier molecular flexibility index (Phi) is 5.87. The van der Waals surface area contributed by atoms with E-state index in [1.54, 1.807) is 36.0 Å². The number of fused-ring (bicyclic) bond motifs is 1. The SMILES string of the molecule is COc1ccc(OC)c(NC(=O)Cn2nc(C)c3cnn(-c4ccc(C)cc4C)c3c2=O)c1. The summed E-state index contributed by atoms with van der Waals surface area (Å²) >= 11 is 0. The molecular weight excluding hydrogens is 422 g/mol. The number of methoxy groups -OCH3 is 2. The lowest BCUT2D eigenvalue weighted by Crippen LogP contribution is -2.31. The van der Waals surface area contributed by atoms with Crippen LogP contribution >= 0.6 is 0 Å². The number of aromatic nitrogens is 4. The summed E-state index contributed by atoms with van der Waals surface area (Å²) in [5, 5.41) is 12.2. The summed E-state index contributed by atoms with van der Waals surface area (Å²) in [7, 11) is 3.04. The molecule has 2 aromatic heterocycles. The summed E-state index contributed by atoms with van der Waals surface area (Å²) in [4.78, 5) is 26.1. The van der Waals surface area contributed by atoms with Gasteiger partial charge in [0.05, 0.1) is 37.5 Å². The molecule has 0 saturated heterocycles. The molecule has 4 aromatic rings. The molecule has 0 saturated carbocycles. The number of nitrogens with zero attached hydrogens (tertiary/aromatic N) is 4. The zero-order valence-electron chi connectivity index (χ0n) is 19.2. The number of benzene rings is 2. The van der Waals surface area contributed by atoms with Gasteiger partial charge in [0, 0.05) is 11.5 Å². The molecule has 4 rings (SSSR count). The van der Waals surface area contributed by atoms with E-state index in [1.165, 1.54) is 14.2 Å². The predicted octanol–water partition coefficient (Wildman–Crippen LogP) is 3.16. The summed E-state index contributed by atoms with van der Waals surface area (Å²) < 4.78 is 13.3. The van der Waals surface area contributed by atoms with Crippen molar-refractivity contribution in [3.05, 3.63) is 69.8 Å². The number of rotatable bonds is 6. The average Bonchev–Trinajstić information content (AvgIpc) is 3.23. The number of hydrogen-bond acceptors (Lipinski definition) is 6. The van der Waals surface area contributed by atoms with E-state index in [0.29, 0.717) is 33.8 Å². The summed E-state index contributed by atoms with van der Waals surface area (Å²) in [5.41, 5.74) is 3.92. The number of carbonyl (C=O) groups is 1. The van der Waals surface area contributed by atoms with E-state index in [2.05, 4.69) is 15.5 Å².